The molecule has 0 heterocycles. The summed E-state index contributed by atoms with van der Waals surface area (Å²) in [6, 6.07) is 0. The van der Waals surface area contributed by atoms with Gasteiger partial charge in [0.2, 0.25) is 0 Å². The van der Waals surface area contributed by atoms with Crippen LogP contribution in [0.4, 0.5) is 0 Å². The number of rotatable bonds is 35. The minimum absolute atomic E-state index is 0.0506. The van der Waals surface area contributed by atoms with E-state index in [1.807, 2.05) is 0 Å². The van der Waals surface area contributed by atoms with E-state index in [1.54, 1.807) is 0 Å². The zero-order valence-corrected chi connectivity index (χ0v) is 29.7. The summed E-state index contributed by atoms with van der Waals surface area (Å²) in [4.78, 5) is 22.4. The van der Waals surface area contributed by atoms with Gasteiger partial charge in [0.25, 0.3) is 0 Å². The van der Waals surface area contributed by atoms with Crippen LogP contribution in [0, 0.1) is 0 Å². The van der Waals surface area contributed by atoms with E-state index in [-0.39, 0.29) is 19.6 Å². The minimum atomic E-state index is -4.50. The molecule has 0 aromatic heterocycles. The summed E-state index contributed by atoms with van der Waals surface area (Å²) < 4.78 is 33.1. The van der Waals surface area contributed by atoms with E-state index >= 15 is 0 Å². The van der Waals surface area contributed by atoms with Gasteiger partial charge in [-0.2, -0.15) is 0 Å². The Labute approximate surface area is 275 Å². The van der Waals surface area contributed by atoms with Crippen molar-refractivity contribution in [2.45, 2.75) is 174 Å². The Hall–Kier alpha value is -0.800. The molecular formula is C35H69O9P. The van der Waals surface area contributed by atoms with Crippen LogP contribution in [0.15, 0.2) is 12.2 Å². The van der Waals surface area contributed by atoms with Gasteiger partial charge in [0.05, 0.1) is 26.4 Å². The van der Waals surface area contributed by atoms with Gasteiger partial charge in [0, 0.05) is 13.0 Å². The number of esters is 1. The van der Waals surface area contributed by atoms with Crippen LogP contribution in [0.25, 0.3) is 0 Å². The maximum Gasteiger partial charge on any atom is 0.472 e. The molecule has 3 unspecified atom stereocenters. The predicted molar refractivity (Wildman–Crippen MR) is 182 cm³/mol. The molecule has 0 radical (unpaired) electrons. The Balaban J connectivity index is 4.24. The van der Waals surface area contributed by atoms with E-state index in [9.17, 15) is 19.4 Å². The highest BCUT2D eigenvalue weighted by Gasteiger charge is 2.26. The van der Waals surface area contributed by atoms with Crippen LogP contribution in [0.3, 0.4) is 0 Å². The summed E-state index contributed by atoms with van der Waals surface area (Å²) in [5.74, 6) is -0.392. The molecule has 0 rings (SSSR count). The second kappa shape index (κ2) is 33.1. The highest BCUT2D eigenvalue weighted by atomic mass is 31.2. The Morgan fingerprint density at radius 2 is 1.16 bits per heavy atom. The van der Waals surface area contributed by atoms with Crippen LogP contribution in [-0.2, 0) is 27.9 Å². The Morgan fingerprint density at radius 3 is 1.73 bits per heavy atom. The van der Waals surface area contributed by atoms with Crippen LogP contribution in [-0.4, -0.2) is 66.3 Å². The molecule has 45 heavy (non-hydrogen) atoms. The first-order chi connectivity index (χ1) is 21.8. The number of carbonyl (C=O) groups is 1. The van der Waals surface area contributed by atoms with Gasteiger partial charge in [-0.05, 0) is 32.1 Å². The highest BCUT2D eigenvalue weighted by Crippen LogP contribution is 2.43. The number of hydrogen-bond acceptors (Lipinski definition) is 8. The molecule has 0 aromatic rings. The number of unbranched alkanes of at least 4 members (excludes halogenated alkanes) is 19. The SMILES string of the molecule is CCCC/C=C\CCCCCCCC(=O)OC(COCCCCCCCCCCCCCCC)COP(=O)(O)OCC(O)CO. The van der Waals surface area contributed by atoms with Crippen molar-refractivity contribution < 1.29 is 43.0 Å². The number of allylic oxidation sites excluding steroid dienone is 2. The topological polar surface area (TPSA) is 132 Å². The molecule has 9 nitrogen and oxygen atoms in total. The molecule has 0 saturated heterocycles. The monoisotopic (exact) mass is 664 g/mol. The third kappa shape index (κ3) is 32.9. The summed E-state index contributed by atoms with van der Waals surface area (Å²) in [6.45, 7) is 3.47. The Bertz CT molecular complexity index is 719. The quantitative estimate of drug-likeness (QED) is 0.0263. The van der Waals surface area contributed by atoms with Crippen LogP contribution >= 0.6 is 7.82 Å². The van der Waals surface area contributed by atoms with Gasteiger partial charge in [0.1, 0.15) is 12.2 Å². The molecule has 10 heteroatoms. The molecule has 0 aliphatic carbocycles. The van der Waals surface area contributed by atoms with Gasteiger partial charge in [0.15, 0.2) is 0 Å². The van der Waals surface area contributed by atoms with E-state index in [0.717, 1.165) is 57.8 Å². The normalized spacial score (nSPS) is 14.5. The van der Waals surface area contributed by atoms with E-state index < -0.39 is 39.2 Å². The summed E-state index contributed by atoms with van der Waals surface area (Å²) >= 11 is 0. The van der Waals surface area contributed by atoms with Crippen molar-refractivity contribution in [2.24, 2.45) is 0 Å². The standard InChI is InChI=1S/C35H69O9P/c1-3-5-7-9-11-13-15-16-18-20-22-24-26-28-41-31-34(32-43-45(39,40)42-30-33(37)29-36)44-35(38)27-25-23-21-19-17-14-12-10-8-6-4-2/h10,12,33-34,36-37H,3-9,11,13-32H2,1-2H3,(H,39,40)/b12-10-. The number of phosphoric ester groups is 1. The Morgan fingerprint density at radius 1 is 0.667 bits per heavy atom. The largest absolute Gasteiger partial charge is 0.472 e. The van der Waals surface area contributed by atoms with Crippen molar-refractivity contribution in [3.8, 4) is 0 Å². The lowest BCUT2D eigenvalue weighted by atomic mass is 10.0. The van der Waals surface area contributed by atoms with Crippen LogP contribution < -0.4 is 0 Å². The number of hydrogen-bond donors (Lipinski definition) is 3. The molecule has 3 atom stereocenters. The van der Waals surface area contributed by atoms with Gasteiger partial charge in [-0.3, -0.25) is 13.8 Å². The van der Waals surface area contributed by atoms with E-state index in [0.29, 0.717) is 6.61 Å². The fourth-order valence-corrected chi connectivity index (χ4v) is 5.65. The van der Waals surface area contributed by atoms with Gasteiger partial charge >= 0.3 is 13.8 Å². The first kappa shape index (κ1) is 44.2. The molecule has 0 aromatic carbocycles. The summed E-state index contributed by atoms with van der Waals surface area (Å²) in [7, 11) is -4.50. The summed E-state index contributed by atoms with van der Waals surface area (Å²) in [5.41, 5.74) is 0. The second-order valence-corrected chi connectivity index (χ2v) is 13.7. The highest BCUT2D eigenvalue weighted by molar-refractivity contribution is 7.47. The molecule has 0 aliphatic heterocycles. The molecule has 0 amide bonds. The predicted octanol–water partition coefficient (Wildman–Crippen LogP) is 8.97. The molecular weight excluding hydrogens is 595 g/mol. The molecule has 0 saturated carbocycles. The van der Waals surface area contributed by atoms with Crippen molar-refractivity contribution in [3.63, 3.8) is 0 Å². The van der Waals surface area contributed by atoms with Gasteiger partial charge in [-0.15, -0.1) is 0 Å². The third-order valence-corrected chi connectivity index (χ3v) is 8.65. The maximum absolute atomic E-state index is 12.5. The molecule has 0 fully saturated rings. The van der Waals surface area contributed by atoms with Crippen molar-refractivity contribution in [1.29, 1.82) is 0 Å². The Kier molecular flexibility index (Phi) is 32.5. The number of ether oxygens (including phenoxy) is 2. The first-order valence-electron chi connectivity index (χ1n) is 18.2. The number of aliphatic hydroxyl groups excluding tert-OH is 2. The molecule has 3 N–H and O–H groups in total. The fourth-order valence-electron chi connectivity index (χ4n) is 4.86. The van der Waals surface area contributed by atoms with Gasteiger partial charge < -0.3 is 24.6 Å². The lowest BCUT2D eigenvalue weighted by Crippen LogP contribution is -2.29. The minimum Gasteiger partial charge on any atom is -0.457 e. The zero-order chi connectivity index (χ0) is 33.3. The zero-order valence-electron chi connectivity index (χ0n) is 28.8. The van der Waals surface area contributed by atoms with E-state index in [2.05, 4.69) is 26.0 Å². The van der Waals surface area contributed by atoms with Crippen molar-refractivity contribution in [3.05, 3.63) is 12.2 Å². The number of phosphoric acid groups is 1. The molecule has 0 spiro atoms. The fraction of sp³-hybridized carbons (Fsp3) is 0.914. The summed E-state index contributed by atoms with van der Waals surface area (Å²) in [6.07, 6.45) is 28.8. The number of carbonyl (C=O) groups excluding carboxylic acids is 1. The smallest absolute Gasteiger partial charge is 0.457 e. The van der Waals surface area contributed by atoms with Crippen LogP contribution in [0.5, 0.6) is 0 Å². The molecule has 0 bridgehead atoms. The third-order valence-electron chi connectivity index (χ3n) is 7.70. The van der Waals surface area contributed by atoms with Crippen molar-refractivity contribution in [2.75, 3.05) is 33.0 Å². The second-order valence-electron chi connectivity index (χ2n) is 12.2. The van der Waals surface area contributed by atoms with Crippen LogP contribution in [0.2, 0.25) is 0 Å². The molecule has 0 aliphatic rings. The summed E-state index contributed by atoms with van der Waals surface area (Å²) in [5, 5.41) is 18.2. The first-order valence-corrected chi connectivity index (χ1v) is 19.7. The van der Waals surface area contributed by atoms with E-state index in [4.69, 9.17) is 23.6 Å². The van der Waals surface area contributed by atoms with Crippen molar-refractivity contribution >= 4 is 13.8 Å². The van der Waals surface area contributed by atoms with Gasteiger partial charge in [-0.25, -0.2) is 4.57 Å². The molecule has 268 valence electrons. The van der Waals surface area contributed by atoms with Gasteiger partial charge in [-0.1, -0.05) is 135 Å². The lowest BCUT2D eigenvalue weighted by Gasteiger charge is -2.20. The average Bonchev–Trinajstić information content (AvgIpc) is 3.03. The average molecular weight is 665 g/mol. The lowest BCUT2D eigenvalue weighted by molar-refractivity contribution is -0.154. The maximum atomic E-state index is 12.5. The van der Waals surface area contributed by atoms with Crippen LogP contribution in [0.1, 0.15) is 162 Å². The van der Waals surface area contributed by atoms with Crippen molar-refractivity contribution in [1.82, 2.24) is 0 Å². The van der Waals surface area contributed by atoms with E-state index in [1.165, 1.54) is 83.5 Å². The number of aliphatic hydroxyl groups is 2.